The van der Waals surface area contributed by atoms with Crippen molar-refractivity contribution in [3.05, 3.63) is 23.8 Å². The highest BCUT2D eigenvalue weighted by Crippen LogP contribution is 3.02. The molecule has 0 radical (unpaired) electrons. The van der Waals surface area contributed by atoms with Crippen LogP contribution in [-0.4, -0.2) is 17.7 Å². The molecule has 0 aliphatic carbocycles. The first kappa shape index (κ1) is 14.6. The summed E-state index contributed by atoms with van der Waals surface area (Å²) in [5.74, 6) is -2.32. The normalized spacial score (nSPS) is 15.7. The number of carbonyl (C=O) groups is 1. The number of hydrogen-bond donors (Lipinski definition) is 1. The summed E-state index contributed by atoms with van der Waals surface area (Å²) < 4.78 is 67.5. The van der Waals surface area contributed by atoms with E-state index in [1.807, 2.05) is 0 Å². The van der Waals surface area contributed by atoms with Crippen molar-refractivity contribution in [2.45, 2.75) is 11.8 Å². The van der Waals surface area contributed by atoms with Gasteiger partial charge in [0.25, 0.3) is 0 Å². The van der Waals surface area contributed by atoms with Crippen molar-refractivity contribution in [1.29, 1.82) is 0 Å². The van der Waals surface area contributed by atoms with Gasteiger partial charge in [-0.2, -0.15) is 0 Å². The lowest BCUT2D eigenvalue weighted by Gasteiger charge is -2.40. The van der Waals surface area contributed by atoms with Crippen LogP contribution in [0.3, 0.4) is 0 Å². The number of rotatable bonds is 4. The molecule has 1 aromatic carbocycles. The topological polar surface area (TPSA) is 46.5 Å². The van der Waals surface area contributed by atoms with Gasteiger partial charge in [-0.3, -0.25) is 0 Å². The van der Waals surface area contributed by atoms with Crippen LogP contribution in [0.5, 0.6) is 5.75 Å². The average molecular weight is 292 g/mol. The Morgan fingerprint density at radius 1 is 1.22 bits per heavy atom. The molecule has 0 amide bonds. The second kappa shape index (κ2) is 3.50. The zero-order valence-electron chi connectivity index (χ0n) is 9.00. The van der Waals surface area contributed by atoms with Crippen LogP contribution in [0.1, 0.15) is 17.3 Å². The monoisotopic (exact) mass is 292 g/mol. The minimum absolute atomic E-state index is 0.0805. The Bertz CT molecular complexity index is 496. The molecule has 1 rings (SSSR count). The van der Waals surface area contributed by atoms with Crippen LogP contribution in [0.2, 0.25) is 0 Å². The van der Waals surface area contributed by atoms with Gasteiger partial charge in [0, 0.05) is 6.07 Å². The molecular weight excluding hydrogens is 283 g/mol. The van der Waals surface area contributed by atoms with Crippen molar-refractivity contribution in [1.82, 2.24) is 0 Å². The van der Waals surface area contributed by atoms with Gasteiger partial charge in [0.1, 0.15) is 10.6 Å². The molecule has 104 valence electrons. The van der Waals surface area contributed by atoms with Gasteiger partial charge in [-0.15, -0.1) is 0 Å². The molecule has 0 saturated heterocycles. The Kier molecular flexibility index (Phi) is 2.83. The zero-order valence-corrected chi connectivity index (χ0v) is 9.82. The van der Waals surface area contributed by atoms with E-state index < -0.39 is 32.4 Å². The molecule has 0 unspecified atom stereocenters. The number of ether oxygens (including phenoxy) is 1. The molecule has 0 heterocycles. The van der Waals surface area contributed by atoms with Crippen LogP contribution in [-0.2, 0) is 0 Å². The summed E-state index contributed by atoms with van der Waals surface area (Å²) in [6.45, 7) is 1.34. The van der Waals surface area contributed by atoms with Crippen LogP contribution in [0.4, 0.5) is 19.4 Å². The number of carboxylic acids is 1. The quantitative estimate of drug-likeness (QED) is 0.834. The van der Waals surface area contributed by atoms with Gasteiger partial charge in [-0.1, -0.05) is 19.4 Å². The summed E-state index contributed by atoms with van der Waals surface area (Å²) in [4.78, 5) is 8.31. The fourth-order valence-corrected chi connectivity index (χ4v) is 1.86. The number of aromatic carboxylic acids is 1. The smallest absolute Gasteiger partial charge is 0.335 e. The van der Waals surface area contributed by atoms with E-state index in [2.05, 4.69) is 4.74 Å². The van der Waals surface area contributed by atoms with E-state index in [4.69, 9.17) is 5.11 Å². The lowest BCUT2D eigenvalue weighted by Crippen LogP contribution is -2.09. The average Bonchev–Trinajstić information content (AvgIpc) is 2.14. The SMILES string of the molecule is CCOc1cc(C(=O)O)cc(S(F)(F)(F)(F)F)c1. The molecule has 0 aliphatic rings. The highest BCUT2D eigenvalue weighted by molar-refractivity contribution is 8.45. The molecule has 0 spiro atoms. The van der Waals surface area contributed by atoms with E-state index in [9.17, 15) is 24.2 Å². The first-order chi connectivity index (χ1) is 7.83. The Hall–Kier alpha value is -1.51. The van der Waals surface area contributed by atoms with E-state index >= 15 is 0 Å². The van der Waals surface area contributed by atoms with Gasteiger partial charge >= 0.3 is 16.2 Å². The number of halogens is 5. The highest BCUT2D eigenvalue weighted by Gasteiger charge is 2.65. The van der Waals surface area contributed by atoms with Crippen LogP contribution >= 0.6 is 10.2 Å². The predicted molar refractivity (Wildman–Crippen MR) is 56.0 cm³/mol. The van der Waals surface area contributed by atoms with Crippen LogP contribution in [0.25, 0.3) is 0 Å². The van der Waals surface area contributed by atoms with E-state index in [0.29, 0.717) is 0 Å². The van der Waals surface area contributed by atoms with Crippen molar-refractivity contribution < 1.29 is 34.1 Å². The van der Waals surface area contributed by atoms with Gasteiger partial charge < -0.3 is 9.84 Å². The molecule has 0 atom stereocenters. The van der Waals surface area contributed by atoms with Gasteiger partial charge in [-0.05, 0) is 19.1 Å². The van der Waals surface area contributed by atoms with Crippen molar-refractivity contribution in [2.75, 3.05) is 6.61 Å². The second-order valence-electron chi connectivity index (χ2n) is 3.40. The molecular formula is C9H9F5O3S. The molecule has 18 heavy (non-hydrogen) atoms. The first-order valence-corrected chi connectivity index (χ1v) is 6.54. The molecule has 0 fully saturated rings. The lowest BCUT2D eigenvalue weighted by molar-refractivity contribution is 0.0696. The third-order valence-corrected chi connectivity index (χ3v) is 3.01. The summed E-state index contributed by atoms with van der Waals surface area (Å²) in [5.41, 5.74) is -0.913. The minimum atomic E-state index is -9.92. The Labute approximate surface area is 98.9 Å². The summed E-state index contributed by atoms with van der Waals surface area (Å²) in [6.07, 6.45) is 0. The van der Waals surface area contributed by atoms with Crippen LogP contribution in [0.15, 0.2) is 23.1 Å². The van der Waals surface area contributed by atoms with Gasteiger partial charge in [0.15, 0.2) is 0 Å². The summed E-state index contributed by atoms with van der Waals surface area (Å²) in [5, 5.41) is 8.58. The third kappa shape index (κ3) is 3.49. The minimum Gasteiger partial charge on any atom is -0.494 e. The molecule has 0 aliphatic heterocycles. The molecule has 3 nitrogen and oxygen atoms in total. The number of benzene rings is 1. The fraction of sp³-hybridized carbons (Fsp3) is 0.222. The summed E-state index contributed by atoms with van der Waals surface area (Å²) >= 11 is 0. The summed E-state index contributed by atoms with van der Waals surface area (Å²) in [6, 6.07) is 0.739. The van der Waals surface area contributed by atoms with Crippen LogP contribution < -0.4 is 4.74 Å². The first-order valence-electron chi connectivity index (χ1n) is 4.59. The standard InChI is InChI=1S/C9H9F5O3S/c1-2-17-7-3-6(9(15)16)4-8(5-7)18(10,11,12,13)14/h3-5H,2H2,1H3,(H,15,16). The zero-order chi connectivity index (χ0) is 14.3. The Balaban J connectivity index is 3.52. The maximum atomic E-state index is 12.6. The fourth-order valence-electron chi connectivity index (χ4n) is 1.17. The van der Waals surface area contributed by atoms with E-state index in [-0.39, 0.29) is 18.7 Å². The molecule has 1 N–H and O–H groups in total. The molecule has 0 aromatic heterocycles. The van der Waals surface area contributed by atoms with Crippen molar-refractivity contribution in [3.8, 4) is 5.75 Å². The molecule has 0 bridgehead atoms. The molecule has 0 saturated carbocycles. The van der Waals surface area contributed by atoms with Crippen molar-refractivity contribution in [2.24, 2.45) is 0 Å². The number of carboxylic acid groups (broad SMARTS) is 1. The Morgan fingerprint density at radius 2 is 1.78 bits per heavy atom. The van der Waals surface area contributed by atoms with E-state index in [1.165, 1.54) is 6.92 Å². The van der Waals surface area contributed by atoms with E-state index in [0.717, 1.165) is 6.07 Å². The maximum absolute atomic E-state index is 12.6. The lowest BCUT2D eigenvalue weighted by atomic mass is 10.2. The summed E-state index contributed by atoms with van der Waals surface area (Å²) in [7, 11) is -9.92. The Morgan fingerprint density at radius 3 is 2.17 bits per heavy atom. The van der Waals surface area contributed by atoms with Gasteiger partial charge in [-0.25, -0.2) is 4.79 Å². The van der Waals surface area contributed by atoms with Crippen molar-refractivity contribution >= 4 is 16.2 Å². The molecule has 9 heteroatoms. The van der Waals surface area contributed by atoms with Gasteiger partial charge in [0.2, 0.25) is 0 Å². The number of hydrogen-bond acceptors (Lipinski definition) is 2. The van der Waals surface area contributed by atoms with E-state index in [1.54, 1.807) is 0 Å². The van der Waals surface area contributed by atoms with Gasteiger partial charge in [0.05, 0.1) is 12.2 Å². The van der Waals surface area contributed by atoms with Crippen molar-refractivity contribution in [3.63, 3.8) is 0 Å². The third-order valence-electron chi connectivity index (χ3n) is 1.88. The highest BCUT2D eigenvalue weighted by atomic mass is 32.5. The molecule has 1 aromatic rings. The second-order valence-corrected chi connectivity index (χ2v) is 5.81. The largest absolute Gasteiger partial charge is 0.494 e. The maximum Gasteiger partial charge on any atom is 0.335 e. The van der Waals surface area contributed by atoms with Crippen LogP contribution in [0, 0.1) is 0 Å². The predicted octanol–water partition coefficient (Wildman–Crippen LogP) is 4.44.